The minimum absolute atomic E-state index is 0.0646. The average Bonchev–Trinajstić information content (AvgIpc) is 3.36. The summed E-state index contributed by atoms with van der Waals surface area (Å²) in [7, 11) is -2.43. The number of alkyl carbamates (subject to hydrolysis) is 1. The zero-order chi connectivity index (χ0) is 33.9. The summed E-state index contributed by atoms with van der Waals surface area (Å²) < 4.78 is 74.0. The van der Waals surface area contributed by atoms with Gasteiger partial charge in [-0.1, -0.05) is 18.5 Å². The van der Waals surface area contributed by atoms with Crippen molar-refractivity contribution in [3.63, 3.8) is 0 Å². The van der Waals surface area contributed by atoms with Gasteiger partial charge in [0, 0.05) is 44.3 Å². The molecule has 0 aromatic heterocycles. The van der Waals surface area contributed by atoms with E-state index in [1.807, 2.05) is 0 Å². The largest absolute Gasteiger partial charge is 0.444 e. The van der Waals surface area contributed by atoms with E-state index in [-0.39, 0.29) is 58.2 Å². The number of nitrogens with one attached hydrogen (secondary N) is 1. The quantitative estimate of drug-likeness (QED) is 0.338. The molecule has 0 unspecified atom stereocenters. The van der Waals surface area contributed by atoms with E-state index in [0.717, 1.165) is 4.90 Å². The number of hydrogen-bond donors (Lipinski definition) is 1. The highest BCUT2D eigenvalue weighted by molar-refractivity contribution is 7.91. The molecule has 1 heterocycles. The minimum Gasteiger partial charge on any atom is -0.444 e. The second-order valence-electron chi connectivity index (χ2n) is 11.6. The standard InChI is InChI=1S/C30H35ClF3N5O5S/c1-7-45(42,43)25-9-8-19(31)12-18(25)15-38(6)27(40)21-13-24(30(32,33)34)23(22(14-35)26(21)36-5)17-39-11-10-20(16-39)37-28(41)44-29(2,3)4/h8-9,12-13,20H,5,7,10-11,15-17H2,1-4,6H3,(H,37,41)/t20-/m1/s1. The van der Waals surface area contributed by atoms with Gasteiger partial charge in [0.1, 0.15) is 11.7 Å². The molecule has 2 aromatic rings. The maximum Gasteiger partial charge on any atom is 0.416 e. The second kappa shape index (κ2) is 13.8. The van der Waals surface area contributed by atoms with Crippen molar-refractivity contribution in [2.45, 2.75) is 69.9 Å². The molecule has 1 N–H and O–H groups in total. The molecular formula is C30H35ClF3N5O5S. The molecule has 0 spiro atoms. The van der Waals surface area contributed by atoms with Gasteiger partial charge in [0.05, 0.1) is 33.0 Å². The van der Waals surface area contributed by atoms with Crippen LogP contribution in [-0.4, -0.2) is 74.5 Å². The van der Waals surface area contributed by atoms with Crippen LogP contribution in [0.1, 0.15) is 66.7 Å². The van der Waals surface area contributed by atoms with Crippen molar-refractivity contribution in [1.82, 2.24) is 15.1 Å². The third kappa shape index (κ3) is 8.74. The van der Waals surface area contributed by atoms with Crippen LogP contribution in [-0.2, 0) is 33.8 Å². The Labute approximate surface area is 265 Å². The molecule has 1 aliphatic rings. The number of aliphatic imine (C=N–C) groups is 1. The Bertz CT molecular complexity index is 1630. The average molecular weight is 670 g/mol. The predicted octanol–water partition coefficient (Wildman–Crippen LogP) is 5.73. The summed E-state index contributed by atoms with van der Waals surface area (Å²) in [5, 5.41) is 12.9. The maximum atomic E-state index is 14.5. The minimum atomic E-state index is -4.95. The molecule has 1 saturated heterocycles. The maximum absolute atomic E-state index is 14.5. The van der Waals surface area contributed by atoms with Crippen LogP contribution in [0.4, 0.5) is 23.7 Å². The first-order valence-corrected chi connectivity index (χ1v) is 16.0. The van der Waals surface area contributed by atoms with Gasteiger partial charge in [-0.25, -0.2) is 13.2 Å². The molecule has 0 bridgehead atoms. The molecule has 1 fully saturated rings. The van der Waals surface area contributed by atoms with Gasteiger partial charge < -0.3 is 15.0 Å². The fourth-order valence-electron chi connectivity index (χ4n) is 5.03. The molecule has 0 saturated carbocycles. The van der Waals surface area contributed by atoms with Crippen molar-refractivity contribution in [3.05, 3.63) is 57.1 Å². The van der Waals surface area contributed by atoms with E-state index in [4.69, 9.17) is 16.3 Å². The number of amides is 2. The van der Waals surface area contributed by atoms with E-state index in [2.05, 4.69) is 17.0 Å². The van der Waals surface area contributed by atoms with E-state index in [1.54, 1.807) is 31.7 Å². The first kappa shape index (κ1) is 35.8. The summed E-state index contributed by atoms with van der Waals surface area (Å²) in [6, 6.07) is 6.10. The van der Waals surface area contributed by atoms with Crippen LogP contribution in [0.5, 0.6) is 0 Å². The number of sulfone groups is 1. The van der Waals surface area contributed by atoms with Crippen LogP contribution in [0, 0.1) is 11.3 Å². The summed E-state index contributed by atoms with van der Waals surface area (Å²) in [6.07, 6.45) is -5.15. The number of likely N-dealkylation sites (tertiary alicyclic amines) is 1. The van der Waals surface area contributed by atoms with Gasteiger partial charge in [-0.2, -0.15) is 18.4 Å². The number of rotatable bonds is 9. The third-order valence-electron chi connectivity index (χ3n) is 7.08. The Kier molecular flexibility index (Phi) is 10.9. The summed E-state index contributed by atoms with van der Waals surface area (Å²) in [4.78, 5) is 32.2. The molecule has 244 valence electrons. The zero-order valence-corrected chi connectivity index (χ0v) is 27.2. The molecule has 10 nitrogen and oxygen atoms in total. The van der Waals surface area contributed by atoms with Gasteiger partial charge in [-0.05, 0) is 69.3 Å². The fourth-order valence-corrected chi connectivity index (χ4v) is 6.34. The highest BCUT2D eigenvalue weighted by Gasteiger charge is 2.39. The molecule has 3 rings (SSSR count). The number of nitriles is 1. The molecule has 0 aliphatic carbocycles. The predicted molar refractivity (Wildman–Crippen MR) is 163 cm³/mol. The lowest BCUT2D eigenvalue weighted by Crippen LogP contribution is -2.40. The van der Waals surface area contributed by atoms with Crippen molar-refractivity contribution in [3.8, 4) is 6.07 Å². The van der Waals surface area contributed by atoms with E-state index in [0.29, 0.717) is 19.0 Å². The highest BCUT2D eigenvalue weighted by Crippen LogP contribution is 2.40. The summed E-state index contributed by atoms with van der Waals surface area (Å²) in [5.74, 6) is -1.16. The summed E-state index contributed by atoms with van der Waals surface area (Å²) in [6.45, 7) is 9.89. The topological polar surface area (TPSA) is 132 Å². The Morgan fingerprint density at radius 2 is 1.93 bits per heavy atom. The van der Waals surface area contributed by atoms with Crippen molar-refractivity contribution >= 4 is 45.8 Å². The van der Waals surface area contributed by atoms with Gasteiger partial charge in [0.25, 0.3) is 5.91 Å². The lowest BCUT2D eigenvalue weighted by atomic mass is 9.94. The molecular weight excluding hydrogens is 635 g/mol. The number of ether oxygens (including phenoxy) is 1. The van der Waals surface area contributed by atoms with E-state index >= 15 is 0 Å². The number of carbonyl (C=O) groups excluding carboxylic acids is 2. The lowest BCUT2D eigenvalue weighted by Gasteiger charge is -2.25. The van der Waals surface area contributed by atoms with Gasteiger partial charge in [-0.15, -0.1) is 0 Å². The number of nitrogens with zero attached hydrogens (tertiary/aromatic N) is 4. The van der Waals surface area contributed by atoms with E-state index in [1.165, 1.54) is 32.2 Å². The lowest BCUT2D eigenvalue weighted by molar-refractivity contribution is -0.138. The van der Waals surface area contributed by atoms with Crippen LogP contribution in [0.15, 0.2) is 34.2 Å². The number of halogens is 4. The van der Waals surface area contributed by atoms with Crippen LogP contribution in [0.25, 0.3) is 0 Å². The van der Waals surface area contributed by atoms with Crippen molar-refractivity contribution in [1.29, 1.82) is 5.26 Å². The van der Waals surface area contributed by atoms with Gasteiger partial charge >= 0.3 is 12.3 Å². The summed E-state index contributed by atoms with van der Waals surface area (Å²) >= 11 is 6.08. The smallest absolute Gasteiger partial charge is 0.416 e. The van der Waals surface area contributed by atoms with Gasteiger partial charge in [-0.3, -0.25) is 14.7 Å². The normalized spacial score (nSPS) is 15.8. The molecule has 45 heavy (non-hydrogen) atoms. The molecule has 2 amide bonds. The summed E-state index contributed by atoms with van der Waals surface area (Å²) in [5.41, 5.74) is -3.43. The Hall–Kier alpha value is -3.67. The Balaban J connectivity index is 1.98. The van der Waals surface area contributed by atoms with E-state index < -0.39 is 50.3 Å². The molecule has 1 aliphatic heterocycles. The van der Waals surface area contributed by atoms with Crippen LogP contribution in [0.3, 0.4) is 0 Å². The Morgan fingerprint density at radius 3 is 2.49 bits per heavy atom. The number of benzene rings is 2. The first-order chi connectivity index (χ1) is 20.8. The van der Waals surface area contributed by atoms with Crippen molar-refractivity contribution in [2.24, 2.45) is 4.99 Å². The number of hydrogen-bond acceptors (Lipinski definition) is 8. The zero-order valence-electron chi connectivity index (χ0n) is 25.6. The second-order valence-corrected chi connectivity index (χ2v) is 14.3. The fraction of sp³-hybridized carbons (Fsp3) is 0.467. The first-order valence-electron chi connectivity index (χ1n) is 13.9. The number of alkyl halides is 3. The highest BCUT2D eigenvalue weighted by atomic mass is 35.5. The van der Waals surface area contributed by atoms with Crippen LogP contribution < -0.4 is 5.32 Å². The van der Waals surface area contributed by atoms with E-state index in [9.17, 15) is 36.4 Å². The van der Waals surface area contributed by atoms with Crippen molar-refractivity contribution in [2.75, 3.05) is 25.9 Å². The van der Waals surface area contributed by atoms with Crippen molar-refractivity contribution < 1.29 is 35.9 Å². The van der Waals surface area contributed by atoms with Gasteiger partial charge in [0.2, 0.25) is 0 Å². The molecule has 1 atom stereocenters. The SMILES string of the molecule is C=Nc1c(C(=O)N(C)Cc2cc(Cl)ccc2S(=O)(=O)CC)cc(C(F)(F)F)c(CN2CC[C@@H](NC(=O)OC(C)(C)C)C2)c1C#N. The van der Waals surface area contributed by atoms with Crippen LogP contribution in [0.2, 0.25) is 5.02 Å². The molecule has 0 radical (unpaired) electrons. The number of carbonyl (C=O) groups is 2. The Morgan fingerprint density at radius 1 is 1.27 bits per heavy atom. The molecule has 2 aromatic carbocycles. The monoisotopic (exact) mass is 669 g/mol. The molecule has 15 heteroatoms. The van der Waals surface area contributed by atoms with Gasteiger partial charge in [0.15, 0.2) is 9.84 Å². The van der Waals surface area contributed by atoms with Crippen LogP contribution >= 0.6 is 11.6 Å². The third-order valence-corrected chi connectivity index (χ3v) is 9.14.